The zero-order valence-electron chi connectivity index (χ0n) is 9.42. The predicted octanol–water partition coefficient (Wildman–Crippen LogP) is 0.927. The molecule has 1 aromatic rings. The lowest BCUT2D eigenvalue weighted by Crippen LogP contribution is -2.36. The van der Waals surface area contributed by atoms with Crippen LogP contribution in [0.15, 0.2) is 6.20 Å². The van der Waals surface area contributed by atoms with Crippen LogP contribution in [-0.4, -0.2) is 27.1 Å². The van der Waals surface area contributed by atoms with Crippen molar-refractivity contribution in [2.75, 3.05) is 6.61 Å². The Bertz CT molecular complexity index is 364. The number of aromatic nitrogens is 2. The van der Waals surface area contributed by atoms with E-state index in [1.807, 2.05) is 0 Å². The van der Waals surface area contributed by atoms with Crippen molar-refractivity contribution in [3.05, 3.63) is 16.3 Å². The van der Waals surface area contributed by atoms with Crippen molar-refractivity contribution >= 4 is 5.82 Å². The Labute approximate surface area is 93.4 Å². The molecule has 0 fully saturated rings. The van der Waals surface area contributed by atoms with Crippen LogP contribution in [0.2, 0.25) is 0 Å². The van der Waals surface area contributed by atoms with E-state index < -0.39 is 4.92 Å². The average Bonchev–Trinajstić information content (AvgIpc) is 2.61. The summed E-state index contributed by atoms with van der Waals surface area (Å²) in [6.45, 7) is 5.12. The first-order valence-corrected chi connectivity index (χ1v) is 5.18. The quantitative estimate of drug-likeness (QED) is 0.569. The summed E-state index contributed by atoms with van der Waals surface area (Å²) in [5.74, 6) is -0.205. The molecule has 1 aromatic heterocycles. The lowest BCUT2D eigenvalue weighted by molar-refractivity contribution is -0.389. The van der Waals surface area contributed by atoms with Crippen LogP contribution in [-0.2, 0) is 6.54 Å². The fourth-order valence-electron chi connectivity index (χ4n) is 1.21. The maximum absolute atomic E-state index is 10.3. The molecule has 16 heavy (non-hydrogen) atoms. The van der Waals surface area contributed by atoms with E-state index >= 15 is 0 Å². The second kappa shape index (κ2) is 5.45. The third kappa shape index (κ3) is 2.93. The Hall–Kier alpha value is -1.63. The number of rotatable bonds is 1. The summed E-state index contributed by atoms with van der Waals surface area (Å²) in [6.07, 6.45) is 2.58. The number of imidazole rings is 1. The van der Waals surface area contributed by atoms with E-state index in [1.165, 1.54) is 12.6 Å². The van der Waals surface area contributed by atoms with Crippen LogP contribution in [0, 0.1) is 10.1 Å². The van der Waals surface area contributed by atoms with E-state index in [1.54, 1.807) is 4.57 Å². The van der Waals surface area contributed by atoms with Crippen molar-refractivity contribution in [1.29, 1.82) is 0 Å². The van der Waals surface area contributed by atoms with Crippen LogP contribution in [0.25, 0.3) is 0 Å². The van der Waals surface area contributed by atoms with Crippen molar-refractivity contribution in [3.8, 4) is 6.01 Å². The zero-order valence-corrected chi connectivity index (χ0v) is 9.42. The predicted molar refractivity (Wildman–Crippen MR) is 58.3 cm³/mol. The van der Waals surface area contributed by atoms with Crippen molar-refractivity contribution < 1.29 is 9.66 Å². The Kier molecular flexibility index (Phi) is 4.24. The average molecular weight is 228 g/mol. The summed E-state index contributed by atoms with van der Waals surface area (Å²) in [7, 11) is 0. The van der Waals surface area contributed by atoms with Gasteiger partial charge in [-0.1, -0.05) is 20.3 Å². The lowest BCUT2D eigenvalue weighted by atomic mass is 10.3. The molecule has 0 aromatic carbocycles. The number of ether oxygens (including phenoxy) is 1. The van der Waals surface area contributed by atoms with Gasteiger partial charge in [0, 0.05) is 11.5 Å². The van der Waals surface area contributed by atoms with Crippen LogP contribution >= 0.6 is 0 Å². The van der Waals surface area contributed by atoms with Gasteiger partial charge >= 0.3 is 11.8 Å². The number of fused-ring (bicyclic) bond motifs is 1. The molecule has 1 aliphatic rings. The van der Waals surface area contributed by atoms with E-state index in [2.05, 4.69) is 18.8 Å². The van der Waals surface area contributed by atoms with Crippen molar-refractivity contribution in [3.63, 3.8) is 0 Å². The number of nitrogens with two attached hydrogens (primary N) is 1. The van der Waals surface area contributed by atoms with Crippen LogP contribution in [0.3, 0.4) is 0 Å². The van der Waals surface area contributed by atoms with E-state index in [0.29, 0.717) is 13.2 Å². The van der Waals surface area contributed by atoms with E-state index in [9.17, 15) is 10.1 Å². The number of hydrogen-bond acceptors (Lipinski definition) is 5. The fraction of sp³-hybridized carbons (Fsp3) is 0.667. The van der Waals surface area contributed by atoms with Gasteiger partial charge in [0.2, 0.25) is 0 Å². The van der Waals surface area contributed by atoms with Gasteiger partial charge in [-0.15, -0.1) is 0 Å². The Balaban J connectivity index is 0.000000386. The molecule has 0 saturated carbocycles. The summed E-state index contributed by atoms with van der Waals surface area (Å²) in [6, 6.07) is 0.148. The first-order valence-electron chi connectivity index (χ1n) is 5.18. The first kappa shape index (κ1) is 12.4. The van der Waals surface area contributed by atoms with Crippen molar-refractivity contribution in [2.24, 2.45) is 5.73 Å². The van der Waals surface area contributed by atoms with Crippen LogP contribution in [0.1, 0.15) is 20.3 Å². The van der Waals surface area contributed by atoms with E-state index in [0.717, 1.165) is 0 Å². The van der Waals surface area contributed by atoms with Gasteiger partial charge in [0.15, 0.2) is 0 Å². The molecule has 0 aliphatic carbocycles. The minimum absolute atomic E-state index is 0.124. The molecule has 90 valence electrons. The SMILES string of the molecule is CCC.NC1COc2nc([N+](=O)[O-])cn2C1. The van der Waals surface area contributed by atoms with E-state index in [4.69, 9.17) is 10.5 Å². The Morgan fingerprint density at radius 1 is 1.75 bits per heavy atom. The third-order valence-electron chi connectivity index (χ3n) is 1.77. The van der Waals surface area contributed by atoms with Crippen LogP contribution in [0.5, 0.6) is 6.01 Å². The normalized spacial score (nSPS) is 17.8. The molecule has 2 rings (SSSR count). The highest BCUT2D eigenvalue weighted by atomic mass is 16.6. The molecule has 0 amide bonds. The van der Waals surface area contributed by atoms with Gasteiger partial charge in [-0.2, -0.15) is 0 Å². The highest BCUT2D eigenvalue weighted by molar-refractivity contribution is 5.21. The smallest absolute Gasteiger partial charge is 0.414 e. The van der Waals surface area contributed by atoms with Gasteiger partial charge in [0.05, 0.1) is 6.04 Å². The van der Waals surface area contributed by atoms with Crippen LogP contribution in [0.4, 0.5) is 5.82 Å². The summed E-state index contributed by atoms with van der Waals surface area (Å²) < 4.78 is 6.64. The van der Waals surface area contributed by atoms with Gasteiger partial charge < -0.3 is 20.6 Å². The minimum Gasteiger partial charge on any atom is -0.444 e. The third-order valence-corrected chi connectivity index (χ3v) is 1.77. The van der Waals surface area contributed by atoms with Crippen molar-refractivity contribution in [2.45, 2.75) is 32.9 Å². The standard InChI is InChI=1S/C6H8N4O3.C3H8/c7-4-1-9-2-5(10(11)12)8-6(9)13-3-4;1-3-2/h2,4H,1,3,7H2;3H2,1-2H3. The van der Waals surface area contributed by atoms with Gasteiger partial charge in [-0.25, -0.2) is 0 Å². The topological polar surface area (TPSA) is 96.2 Å². The minimum atomic E-state index is -0.555. The second-order valence-corrected chi connectivity index (χ2v) is 3.57. The van der Waals surface area contributed by atoms with Crippen LogP contribution < -0.4 is 10.5 Å². The molecule has 1 atom stereocenters. The molecule has 0 spiro atoms. The molecule has 2 heterocycles. The molecule has 2 N–H and O–H groups in total. The van der Waals surface area contributed by atoms with E-state index in [-0.39, 0.29) is 17.9 Å². The zero-order chi connectivity index (χ0) is 12.1. The molecule has 7 heteroatoms. The van der Waals surface area contributed by atoms with Gasteiger partial charge in [0.25, 0.3) is 0 Å². The number of nitro groups is 1. The summed E-state index contributed by atoms with van der Waals surface area (Å²) in [5, 5.41) is 10.3. The fourth-order valence-corrected chi connectivity index (χ4v) is 1.21. The number of nitrogens with zero attached hydrogens (tertiary/aromatic N) is 3. The maximum Gasteiger partial charge on any atom is 0.414 e. The molecule has 0 radical (unpaired) electrons. The molecule has 0 saturated heterocycles. The summed E-state index contributed by atoms with van der Waals surface area (Å²) in [4.78, 5) is 13.5. The maximum atomic E-state index is 10.3. The highest BCUT2D eigenvalue weighted by Gasteiger charge is 2.25. The second-order valence-electron chi connectivity index (χ2n) is 3.57. The monoisotopic (exact) mass is 228 g/mol. The first-order chi connectivity index (χ1) is 7.58. The molecule has 1 aliphatic heterocycles. The molecular weight excluding hydrogens is 212 g/mol. The van der Waals surface area contributed by atoms with Gasteiger partial charge in [-0.05, 0) is 4.92 Å². The Morgan fingerprint density at radius 2 is 2.38 bits per heavy atom. The van der Waals surface area contributed by atoms with Gasteiger partial charge in [0.1, 0.15) is 12.8 Å². The highest BCUT2D eigenvalue weighted by Crippen LogP contribution is 2.20. The largest absolute Gasteiger partial charge is 0.444 e. The number of hydrogen-bond donors (Lipinski definition) is 1. The molecular formula is C9H16N4O3. The summed E-state index contributed by atoms with van der Waals surface area (Å²) in [5.41, 5.74) is 5.59. The Morgan fingerprint density at radius 3 is 2.94 bits per heavy atom. The molecule has 0 bridgehead atoms. The summed E-state index contributed by atoms with van der Waals surface area (Å²) >= 11 is 0. The molecule has 7 nitrogen and oxygen atoms in total. The van der Waals surface area contributed by atoms with Gasteiger partial charge in [-0.3, -0.25) is 4.57 Å². The van der Waals surface area contributed by atoms with Crippen molar-refractivity contribution in [1.82, 2.24) is 9.55 Å². The molecule has 1 unspecified atom stereocenters. The lowest BCUT2D eigenvalue weighted by Gasteiger charge is -2.17.